The molecule has 8 saturated carbocycles. The van der Waals surface area contributed by atoms with Crippen LogP contribution in [0.15, 0.2) is 53.6 Å². The number of rotatable bonds is 4. The van der Waals surface area contributed by atoms with Gasteiger partial charge in [-0.1, -0.05) is 131 Å². The number of amides is 1. The molecule has 8 heteroatoms. The predicted octanol–water partition coefficient (Wildman–Crippen LogP) is 14.1. The van der Waals surface area contributed by atoms with Gasteiger partial charge in [-0.15, -0.1) is 0 Å². The summed E-state index contributed by atoms with van der Waals surface area (Å²) >= 11 is 0. The Morgan fingerprint density at radius 2 is 0.920 bits per heavy atom. The van der Waals surface area contributed by atoms with Gasteiger partial charge in [-0.2, -0.15) is 0 Å². The molecule has 0 spiro atoms. The number of ketones is 2. The van der Waals surface area contributed by atoms with Crippen molar-refractivity contribution >= 4 is 23.4 Å². The van der Waals surface area contributed by atoms with Gasteiger partial charge in [-0.05, 0) is 218 Å². The number of carboxylic acids is 1. The molecule has 1 aromatic rings. The first kappa shape index (κ1) is 55.2. The zero-order chi connectivity index (χ0) is 54.8. The third-order valence-electron chi connectivity index (χ3n) is 27.5. The highest BCUT2D eigenvalue weighted by molar-refractivity contribution is 5.96. The minimum atomic E-state index is -0.711. The molecule has 4 N–H and O–H groups in total. The Balaban J connectivity index is 0.000000174. The number of aliphatic hydroxyl groups is 2. The molecule has 1 aromatic carbocycles. The quantitative estimate of drug-likeness (QED) is 0.235. The van der Waals surface area contributed by atoms with Gasteiger partial charge in [-0.25, -0.2) is 0 Å². The van der Waals surface area contributed by atoms with Crippen molar-refractivity contribution < 1.29 is 34.5 Å². The summed E-state index contributed by atoms with van der Waals surface area (Å²) < 4.78 is 0. The lowest BCUT2D eigenvalue weighted by Crippen LogP contribution is -2.66. The van der Waals surface area contributed by atoms with Gasteiger partial charge < -0.3 is 20.6 Å². The summed E-state index contributed by atoms with van der Waals surface area (Å²) in [5, 5.41) is 35.2. The van der Waals surface area contributed by atoms with Crippen molar-refractivity contribution in [3.05, 3.63) is 59.2 Å². The molecule has 0 aliphatic heterocycles. The van der Waals surface area contributed by atoms with Gasteiger partial charge >= 0.3 is 5.97 Å². The molecule has 10 aliphatic carbocycles. The van der Waals surface area contributed by atoms with Gasteiger partial charge in [0.2, 0.25) is 5.91 Å². The summed E-state index contributed by atoms with van der Waals surface area (Å²) in [6.45, 7) is 32.8. The molecule has 0 heterocycles. The van der Waals surface area contributed by atoms with Gasteiger partial charge in [-0.3, -0.25) is 19.2 Å². The number of carboxylic acid groups (broad SMARTS) is 1. The predicted molar refractivity (Wildman–Crippen MR) is 297 cm³/mol. The monoisotopic (exact) mass is 1030 g/mol. The van der Waals surface area contributed by atoms with Crippen LogP contribution >= 0.6 is 0 Å². The molecule has 0 bridgehead atoms. The van der Waals surface area contributed by atoms with Crippen LogP contribution in [-0.4, -0.2) is 51.0 Å². The van der Waals surface area contributed by atoms with Crippen molar-refractivity contribution in [2.45, 2.75) is 231 Å². The van der Waals surface area contributed by atoms with E-state index in [0.717, 1.165) is 115 Å². The molecule has 2 unspecified atom stereocenters. The Kier molecular flexibility index (Phi) is 12.8. The zero-order valence-corrected chi connectivity index (χ0v) is 49.1. The number of aliphatic hydroxyl groups excluding tert-OH is 2. The molecule has 8 nitrogen and oxygen atoms in total. The van der Waals surface area contributed by atoms with Crippen LogP contribution in [0.3, 0.4) is 0 Å². The highest BCUT2D eigenvalue weighted by atomic mass is 16.4. The van der Waals surface area contributed by atoms with Crippen molar-refractivity contribution in [2.75, 3.05) is 0 Å². The fraction of sp³-hybridized carbons (Fsp3) is 0.791. The van der Waals surface area contributed by atoms with Gasteiger partial charge in [0.1, 0.15) is 0 Å². The van der Waals surface area contributed by atoms with Crippen molar-refractivity contribution in [3.8, 4) is 0 Å². The molecule has 10 aliphatic rings. The smallest absolute Gasteiger partial charge is 0.309 e. The number of carbonyl (C=O) groups excluding carboxylic acids is 3. The molecular formula is C67H99NO7. The van der Waals surface area contributed by atoms with E-state index in [9.17, 15) is 34.5 Å². The lowest BCUT2D eigenvalue weighted by molar-refractivity contribution is -0.202. The first-order valence-electron chi connectivity index (χ1n) is 30.1. The lowest BCUT2D eigenvalue weighted by Gasteiger charge is -2.70. The Morgan fingerprint density at radius 1 is 0.520 bits per heavy atom. The maximum absolute atomic E-state index is 14.5. The van der Waals surface area contributed by atoms with Crippen molar-refractivity contribution in [3.63, 3.8) is 0 Å². The van der Waals surface area contributed by atoms with Gasteiger partial charge in [0.25, 0.3) is 0 Å². The van der Waals surface area contributed by atoms with E-state index >= 15 is 0 Å². The summed E-state index contributed by atoms with van der Waals surface area (Å²) in [6, 6.07) is 10.2. The maximum Gasteiger partial charge on any atom is 0.309 e. The van der Waals surface area contributed by atoms with Crippen molar-refractivity contribution in [1.29, 1.82) is 0 Å². The second-order valence-electron chi connectivity index (χ2n) is 31.7. The summed E-state index contributed by atoms with van der Waals surface area (Å²) in [5.74, 6) is 1.12. The second-order valence-corrected chi connectivity index (χ2v) is 31.7. The molecule has 0 saturated heterocycles. The van der Waals surface area contributed by atoms with Crippen LogP contribution in [0.2, 0.25) is 0 Å². The molecule has 1 amide bonds. The Morgan fingerprint density at radius 3 is 1.35 bits per heavy atom. The zero-order valence-electron chi connectivity index (χ0n) is 49.1. The van der Waals surface area contributed by atoms with E-state index in [4.69, 9.17) is 0 Å². The number of carbonyl (C=O) groups is 4. The van der Waals surface area contributed by atoms with Crippen LogP contribution in [0.25, 0.3) is 0 Å². The molecule has 0 radical (unpaired) electrons. The number of allylic oxidation sites excluding steroid dienone is 4. The molecule has 8 fully saturated rings. The van der Waals surface area contributed by atoms with E-state index < -0.39 is 16.8 Å². The van der Waals surface area contributed by atoms with Crippen LogP contribution < -0.4 is 5.32 Å². The Labute approximate surface area is 452 Å². The summed E-state index contributed by atoms with van der Waals surface area (Å²) in [4.78, 5) is 54.7. The Hall–Kier alpha value is -3.10. The summed E-state index contributed by atoms with van der Waals surface area (Å²) in [7, 11) is 0. The van der Waals surface area contributed by atoms with Crippen molar-refractivity contribution in [1.82, 2.24) is 5.32 Å². The van der Waals surface area contributed by atoms with E-state index in [1.165, 1.54) is 11.1 Å². The third kappa shape index (κ3) is 7.64. The maximum atomic E-state index is 14.5. The first-order valence-corrected chi connectivity index (χ1v) is 30.1. The highest BCUT2D eigenvalue weighted by Crippen LogP contribution is 2.77. The van der Waals surface area contributed by atoms with Gasteiger partial charge in [0, 0.05) is 23.8 Å². The van der Waals surface area contributed by atoms with Crippen LogP contribution in [0, 0.1) is 100 Å². The van der Waals surface area contributed by atoms with Crippen LogP contribution in [0.1, 0.15) is 218 Å². The molecule has 75 heavy (non-hydrogen) atoms. The molecular weight excluding hydrogens is 931 g/mol. The second kappa shape index (κ2) is 17.4. The first-order chi connectivity index (χ1) is 34.7. The highest BCUT2D eigenvalue weighted by Gasteiger charge is 2.72. The van der Waals surface area contributed by atoms with E-state index in [-0.39, 0.29) is 102 Å². The fourth-order valence-corrected chi connectivity index (χ4v) is 21.7. The van der Waals surface area contributed by atoms with Crippen LogP contribution in [0.5, 0.6) is 0 Å². The number of fused-ring (bicyclic) bond motifs is 14. The largest absolute Gasteiger partial charge is 0.481 e. The topological polar surface area (TPSA) is 141 Å². The Bertz CT molecular complexity index is 2580. The van der Waals surface area contributed by atoms with E-state index in [0.29, 0.717) is 30.6 Å². The van der Waals surface area contributed by atoms with Crippen LogP contribution in [-0.2, 0) is 25.7 Å². The lowest BCUT2D eigenvalue weighted by atomic mass is 9.33. The summed E-state index contributed by atoms with van der Waals surface area (Å²) in [5.41, 5.74) is 1.87. The number of hydrogen-bond acceptors (Lipinski definition) is 6. The fourth-order valence-electron chi connectivity index (χ4n) is 21.7. The number of nitrogens with one attached hydrogen (secondary N) is 1. The normalized spacial score (nSPS) is 50.1. The molecule has 11 rings (SSSR count). The van der Waals surface area contributed by atoms with E-state index in [1.807, 2.05) is 31.2 Å². The van der Waals surface area contributed by atoms with Gasteiger partial charge in [0.05, 0.1) is 17.6 Å². The minimum absolute atomic E-state index is 0.0113. The molecule has 18 atom stereocenters. The minimum Gasteiger partial charge on any atom is -0.481 e. The average molecular weight is 1030 g/mol. The van der Waals surface area contributed by atoms with E-state index in [1.54, 1.807) is 0 Å². The van der Waals surface area contributed by atoms with E-state index in [2.05, 4.69) is 114 Å². The summed E-state index contributed by atoms with van der Waals surface area (Å²) in [6.07, 6.45) is 20.6. The number of hydrogen-bond donors (Lipinski definition) is 4. The van der Waals surface area contributed by atoms with Crippen molar-refractivity contribution in [2.24, 2.45) is 100 Å². The van der Waals surface area contributed by atoms with Gasteiger partial charge in [0.15, 0.2) is 11.6 Å². The molecule has 414 valence electrons. The standard InChI is InChI=1S/C37H53NO3.C30H46O4/c1-32(2)28-13-16-37(7)30(35(28,5)15-14-29(32)40)27(39)21-25-26-22-34(4,18-17-33(26,3)19-20-36(25,37)6)31(41)38-23-24-11-9-8-10-12-24;1-25(2)21-8-11-30(7)23(28(21,5)10-9-22(25)32)20(31)16-18-19-17-27(4,24(33)34)13-12-26(19,3)14-15-29(18,30)6/h8-12,21,26,28-30,40H,13-20,22-23H2,1-7H3,(H,38,41);16,19,21-23,32H,8-15,17H2,1-7H3,(H,33,34)/t26-,28?,29-,30+,33+,34-,35-,36+,37+;19-,21?,22-,23+,26+,27-,28-,29+,30+/m00/s1. The number of aliphatic carboxylic acids is 1. The molecule has 0 aromatic heterocycles. The number of benzene rings is 1. The SMILES string of the molecule is CC1(C)C2CC[C@]3(C)[C@H](C(=O)C=C4[C@@H]5C[C@@](C)(C(=O)NCc6ccccc6)CC[C@]5(C)CC[C@]43C)[C@@]2(C)CC[C@@H]1O.CC1(C)C2CC[C@]3(C)[C@H](C(=O)C=C4[C@@H]5C[C@@](C)(C(=O)O)CC[C@]5(C)CC[C@]43C)[C@@]2(C)CC[C@@H]1O. The van der Waals surface area contributed by atoms with Crippen LogP contribution in [0.4, 0.5) is 0 Å². The average Bonchev–Trinajstić information content (AvgIpc) is 3.34. The third-order valence-corrected chi connectivity index (χ3v) is 27.5.